The van der Waals surface area contributed by atoms with E-state index in [4.69, 9.17) is 11.6 Å². The molecule has 0 saturated carbocycles. The Morgan fingerprint density at radius 1 is 1.15 bits per heavy atom. The SMILES string of the molecule is Cc1c(Cl)cccc1C(=O)NCc1ccnc(C2(O)CCN(Cc3ccc(F)cc3)CC2)c1. The smallest absolute Gasteiger partial charge is 0.251 e. The Kier molecular flexibility index (Phi) is 7.08. The summed E-state index contributed by atoms with van der Waals surface area (Å²) in [6.07, 6.45) is 2.78. The van der Waals surface area contributed by atoms with Crippen molar-refractivity contribution in [3.8, 4) is 0 Å². The molecule has 1 aliphatic heterocycles. The van der Waals surface area contributed by atoms with Crippen LogP contribution in [0.25, 0.3) is 0 Å². The number of benzene rings is 2. The van der Waals surface area contributed by atoms with E-state index in [2.05, 4.69) is 15.2 Å². The van der Waals surface area contributed by atoms with E-state index in [1.54, 1.807) is 36.5 Å². The maximum Gasteiger partial charge on any atom is 0.251 e. The lowest BCUT2D eigenvalue weighted by molar-refractivity contribution is -0.0311. The third-order valence-electron chi connectivity index (χ3n) is 6.27. The van der Waals surface area contributed by atoms with E-state index < -0.39 is 5.60 Å². The van der Waals surface area contributed by atoms with Gasteiger partial charge in [-0.25, -0.2) is 4.39 Å². The van der Waals surface area contributed by atoms with E-state index in [1.165, 1.54) is 12.1 Å². The minimum Gasteiger partial charge on any atom is -0.383 e. The van der Waals surface area contributed by atoms with Crippen molar-refractivity contribution >= 4 is 17.5 Å². The first kappa shape index (κ1) is 23.4. The van der Waals surface area contributed by atoms with Gasteiger partial charge in [0.05, 0.1) is 5.69 Å². The number of aromatic nitrogens is 1. The van der Waals surface area contributed by atoms with Crippen LogP contribution in [0.15, 0.2) is 60.8 Å². The van der Waals surface area contributed by atoms with E-state index in [0.717, 1.165) is 23.2 Å². The monoisotopic (exact) mass is 467 g/mol. The van der Waals surface area contributed by atoms with Gasteiger partial charge in [0.25, 0.3) is 5.91 Å². The van der Waals surface area contributed by atoms with Gasteiger partial charge in [-0.05, 0) is 72.9 Å². The van der Waals surface area contributed by atoms with Crippen LogP contribution >= 0.6 is 11.6 Å². The van der Waals surface area contributed by atoms with Gasteiger partial charge >= 0.3 is 0 Å². The number of likely N-dealkylation sites (tertiary alicyclic amines) is 1. The summed E-state index contributed by atoms with van der Waals surface area (Å²) in [5, 5.41) is 14.7. The largest absolute Gasteiger partial charge is 0.383 e. The Balaban J connectivity index is 1.36. The van der Waals surface area contributed by atoms with E-state index in [-0.39, 0.29) is 11.7 Å². The number of carbonyl (C=O) groups is 1. The zero-order chi connectivity index (χ0) is 23.4. The second-order valence-electron chi connectivity index (χ2n) is 8.58. The van der Waals surface area contributed by atoms with E-state index in [1.807, 2.05) is 19.1 Å². The quantitative estimate of drug-likeness (QED) is 0.556. The molecule has 1 fully saturated rings. The van der Waals surface area contributed by atoms with Crippen LogP contribution in [0.1, 0.15) is 45.6 Å². The Bertz CT molecular complexity index is 1130. The molecule has 1 saturated heterocycles. The molecule has 2 N–H and O–H groups in total. The molecular weight excluding hydrogens is 441 g/mol. The average Bonchev–Trinajstić information content (AvgIpc) is 2.82. The Morgan fingerprint density at radius 2 is 1.88 bits per heavy atom. The van der Waals surface area contributed by atoms with Crippen molar-refractivity contribution in [3.05, 3.63) is 99.6 Å². The number of amides is 1. The third-order valence-corrected chi connectivity index (χ3v) is 6.68. The Labute approximate surface area is 198 Å². The molecule has 0 bridgehead atoms. The van der Waals surface area contributed by atoms with E-state index in [9.17, 15) is 14.3 Å². The highest BCUT2D eigenvalue weighted by Crippen LogP contribution is 2.32. The zero-order valence-corrected chi connectivity index (χ0v) is 19.3. The summed E-state index contributed by atoms with van der Waals surface area (Å²) in [7, 11) is 0. The minimum atomic E-state index is -1.01. The second-order valence-corrected chi connectivity index (χ2v) is 8.99. The molecule has 172 valence electrons. The molecule has 0 unspecified atom stereocenters. The summed E-state index contributed by atoms with van der Waals surface area (Å²) in [6, 6.07) is 15.5. The lowest BCUT2D eigenvalue weighted by Gasteiger charge is -2.38. The van der Waals surface area contributed by atoms with Crippen LogP contribution in [0.4, 0.5) is 4.39 Å². The standard InChI is InChI=1S/C26H27ClFN3O2/c1-18-22(3-2-4-23(18)27)25(32)30-16-20-9-12-29-24(15-20)26(33)10-13-31(14-11-26)17-19-5-7-21(28)8-6-19/h2-9,12,15,33H,10-11,13-14,16-17H2,1H3,(H,30,32). The van der Waals surface area contributed by atoms with Gasteiger partial charge in [-0.15, -0.1) is 0 Å². The summed E-state index contributed by atoms with van der Waals surface area (Å²) in [5.74, 6) is -0.433. The van der Waals surface area contributed by atoms with Gasteiger partial charge in [0.15, 0.2) is 0 Å². The van der Waals surface area contributed by atoms with Gasteiger partial charge in [-0.1, -0.05) is 29.8 Å². The Morgan fingerprint density at radius 3 is 2.61 bits per heavy atom. The molecule has 0 atom stereocenters. The number of carbonyl (C=O) groups excluding carboxylic acids is 1. The van der Waals surface area contributed by atoms with Crippen molar-refractivity contribution in [2.45, 2.75) is 38.5 Å². The van der Waals surface area contributed by atoms with Crippen LogP contribution in [0.3, 0.4) is 0 Å². The normalized spacial score (nSPS) is 15.9. The topological polar surface area (TPSA) is 65.5 Å². The highest BCUT2D eigenvalue weighted by molar-refractivity contribution is 6.31. The van der Waals surface area contributed by atoms with Gasteiger partial charge in [-0.3, -0.25) is 14.7 Å². The van der Waals surface area contributed by atoms with Gasteiger partial charge in [0.2, 0.25) is 0 Å². The maximum absolute atomic E-state index is 13.1. The van der Waals surface area contributed by atoms with Crippen molar-refractivity contribution in [2.24, 2.45) is 0 Å². The lowest BCUT2D eigenvalue weighted by atomic mass is 9.87. The van der Waals surface area contributed by atoms with Crippen molar-refractivity contribution in [3.63, 3.8) is 0 Å². The number of halogens is 2. The molecule has 2 aromatic carbocycles. The maximum atomic E-state index is 13.1. The van der Waals surface area contributed by atoms with Gasteiger partial charge in [0.1, 0.15) is 11.4 Å². The van der Waals surface area contributed by atoms with Crippen LogP contribution in [0.2, 0.25) is 5.02 Å². The van der Waals surface area contributed by atoms with Crippen LogP contribution in [-0.2, 0) is 18.7 Å². The van der Waals surface area contributed by atoms with Gasteiger partial charge in [-0.2, -0.15) is 0 Å². The Hall–Kier alpha value is -2.80. The van der Waals surface area contributed by atoms with Crippen LogP contribution in [0.5, 0.6) is 0 Å². The number of pyridine rings is 1. The lowest BCUT2D eigenvalue weighted by Crippen LogP contribution is -2.42. The van der Waals surface area contributed by atoms with Crippen molar-refractivity contribution in [1.29, 1.82) is 0 Å². The first-order chi connectivity index (χ1) is 15.8. The highest BCUT2D eigenvalue weighted by atomic mass is 35.5. The minimum absolute atomic E-state index is 0.193. The summed E-state index contributed by atoms with van der Waals surface area (Å²) < 4.78 is 13.1. The molecular formula is C26H27ClFN3O2. The number of piperidine rings is 1. The molecule has 0 spiro atoms. The van der Waals surface area contributed by atoms with E-state index in [0.29, 0.717) is 48.8 Å². The molecule has 1 aromatic heterocycles. The fraction of sp³-hybridized carbons (Fsp3) is 0.308. The van der Waals surface area contributed by atoms with Gasteiger partial charge < -0.3 is 10.4 Å². The fourth-order valence-electron chi connectivity index (χ4n) is 4.15. The number of hydrogen-bond donors (Lipinski definition) is 2. The number of nitrogens with one attached hydrogen (secondary N) is 1. The van der Waals surface area contributed by atoms with Crippen LogP contribution in [-0.4, -0.2) is 34.0 Å². The summed E-state index contributed by atoms with van der Waals surface area (Å²) in [6.45, 7) is 4.29. The van der Waals surface area contributed by atoms with Crippen LogP contribution < -0.4 is 5.32 Å². The number of rotatable bonds is 6. The fourth-order valence-corrected chi connectivity index (χ4v) is 4.33. The number of nitrogens with zero attached hydrogens (tertiary/aromatic N) is 2. The van der Waals surface area contributed by atoms with Crippen molar-refractivity contribution in [1.82, 2.24) is 15.2 Å². The molecule has 7 heteroatoms. The summed E-state index contributed by atoms with van der Waals surface area (Å²) in [4.78, 5) is 19.3. The number of aliphatic hydroxyl groups is 1. The summed E-state index contributed by atoms with van der Waals surface area (Å²) in [5.41, 5.74) is 2.82. The predicted octanol–water partition coefficient (Wildman–Crippen LogP) is 4.60. The molecule has 1 amide bonds. The zero-order valence-electron chi connectivity index (χ0n) is 18.5. The van der Waals surface area contributed by atoms with E-state index >= 15 is 0 Å². The summed E-state index contributed by atoms with van der Waals surface area (Å²) >= 11 is 6.12. The molecule has 0 aliphatic carbocycles. The second kappa shape index (κ2) is 10.00. The molecule has 0 radical (unpaired) electrons. The molecule has 3 aromatic rings. The predicted molar refractivity (Wildman–Crippen MR) is 126 cm³/mol. The first-order valence-electron chi connectivity index (χ1n) is 11.0. The molecule has 1 aliphatic rings. The third kappa shape index (κ3) is 5.58. The average molecular weight is 468 g/mol. The number of hydrogen-bond acceptors (Lipinski definition) is 4. The molecule has 5 nitrogen and oxygen atoms in total. The van der Waals surface area contributed by atoms with Crippen molar-refractivity contribution in [2.75, 3.05) is 13.1 Å². The highest BCUT2D eigenvalue weighted by Gasteiger charge is 2.35. The molecule has 33 heavy (non-hydrogen) atoms. The molecule has 2 heterocycles. The molecule has 4 rings (SSSR count). The first-order valence-corrected chi connectivity index (χ1v) is 11.4. The van der Waals surface area contributed by atoms with Gasteiger partial charge in [0, 0.05) is 43.0 Å². The van der Waals surface area contributed by atoms with Crippen LogP contribution in [0, 0.1) is 12.7 Å². The van der Waals surface area contributed by atoms with Crippen molar-refractivity contribution < 1.29 is 14.3 Å².